The van der Waals surface area contributed by atoms with E-state index < -0.39 is 0 Å². The van der Waals surface area contributed by atoms with Gasteiger partial charge in [0.25, 0.3) is 5.91 Å². The summed E-state index contributed by atoms with van der Waals surface area (Å²) in [7, 11) is 0. The lowest BCUT2D eigenvalue weighted by molar-refractivity contribution is 0.0584. The quantitative estimate of drug-likeness (QED) is 0.780. The molecule has 1 aromatic rings. The van der Waals surface area contributed by atoms with Crippen molar-refractivity contribution in [3.05, 3.63) is 29.8 Å². The van der Waals surface area contributed by atoms with Gasteiger partial charge in [0.05, 0.1) is 0 Å². The number of hydrogen-bond donors (Lipinski definition) is 2. The van der Waals surface area contributed by atoms with Gasteiger partial charge in [-0.2, -0.15) is 0 Å². The fraction of sp³-hybridized carbons (Fsp3) is 0.500. The lowest BCUT2D eigenvalue weighted by Crippen LogP contribution is -2.51. The van der Waals surface area contributed by atoms with Crippen LogP contribution in [0.15, 0.2) is 24.3 Å². The van der Waals surface area contributed by atoms with Gasteiger partial charge in [0.1, 0.15) is 0 Å². The predicted molar refractivity (Wildman–Crippen MR) is 73.2 cm³/mol. The monoisotopic (exact) mass is 247 g/mol. The Kier molecular flexibility index (Phi) is 3.87. The lowest BCUT2D eigenvalue weighted by Gasteiger charge is -2.38. The first-order chi connectivity index (χ1) is 8.59. The lowest BCUT2D eigenvalue weighted by atomic mass is 9.96. The minimum Gasteiger partial charge on any atom is -0.399 e. The third-order valence-corrected chi connectivity index (χ3v) is 3.55. The summed E-state index contributed by atoms with van der Waals surface area (Å²) in [6, 6.07) is 7.30. The highest BCUT2D eigenvalue weighted by molar-refractivity contribution is 5.95. The number of nitrogens with two attached hydrogens (primary N) is 2. The molecule has 0 bridgehead atoms. The van der Waals surface area contributed by atoms with Crippen LogP contribution in [0, 0.1) is 0 Å². The molecule has 0 spiro atoms. The van der Waals surface area contributed by atoms with Crippen molar-refractivity contribution in [3.63, 3.8) is 0 Å². The van der Waals surface area contributed by atoms with Gasteiger partial charge in [-0.25, -0.2) is 0 Å². The number of nitrogens with zero attached hydrogens (tertiary/aromatic N) is 1. The van der Waals surface area contributed by atoms with Crippen molar-refractivity contribution in [2.75, 3.05) is 12.3 Å². The largest absolute Gasteiger partial charge is 0.399 e. The van der Waals surface area contributed by atoms with Crippen molar-refractivity contribution in [2.24, 2.45) is 5.73 Å². The van der Waals surface area contributed by atoms with Crippen molar-refractivity contribution in [2.45, 2.75) is 38.3 Å². The number of likely N-dealkylation sites (tertiary alicyclic amines) is 1. The van der Waals surface area contributed by atoms with Crippen LogP contribution < -0.4 is 11.5 Å². The second-order valence-electron chi connectivity index (χ2n) is 5.05. The van der Waals surface area contributed by atoms with Gasteiger partial charge in [0.15, 0.2) is 0 Å². The van der Waals surface area contributed by atoms with Crippen LogP contribution >= 0.6 is 0 Å². The van der Waals surface area contributed by atoms with E-state index in [0.29, 0.717) is 11.3 Å². The number of amides is 1. The highest BCUT2D eigenvalue weighted by atomic mass is 16.2. The molecule has 1 fully saturated rings. The molecule has 2 unspecified atom stereocenters. The Bertz CT molecular complexity index is 431. The minimum absolute atomic E-state index is 0.00955. The molecule has 0 radical (unpaired) electrons. The fourth-order valence-electron chi connectivity index (χ4n) is 2.59. The van der Waals surface area contributed by atoms with Crippen LogP contribution in [0.2, 0.25) is 0 Å². The second kappa shape index (κ2) is 5.40. The summed E-state index contributed by atoms with van der Waals surface area (Å²) in [6.07, 6.45) is 3.19. The number of benzene rings is 1. The van der Waals surface area contributed by atoms with Gasteiger partial charge in [-0.15, -0.1) is 0 Å². The van der Waals surface area contributed by atoms with E-state index in [1.165, 1.54) is 0 Å². The van der Waals surface area contributed by atoms with E-state index in [4.69, 9.17) is 11.5 Å². The van der Waals surface area contributed by atoms with Gasteiger partial charge in [-0.05, 0) is 44.4 Å². The normalized spacial score (nSPS) is 21.7. The van der Waals surface area contributed by atoms with Crippen LogP contribution in [-0.2, 0) is 0 Å². The van der Waals surface area contributed by atoms with E-state index in [9.17, 15) is 4.79 Å². The fourth-order valence-corrected chi connectivity index (χ4v) is 2.59. The maximum Gasteiger partial charge on any atom is 0.254 e. The molecule has 2 rings (SSSR count). The van der Waals surface area contributed by atoms with E-state index in [-0.39, 0.29) is 18.0 Å². The molecular formula is C14H21N3O. The molecule has 2 atom stereocenters. The van der Waals surface area contributed by atoms with Crippen molar-refractivity contribution in [1.82, 2.24) is 4.90 Å². The zero-order valence-electron chi connectivity index (χ0n) is 10.8. The van der Waals surface area contributed by atoms with Crippen LogP contribution in [0.25, 0.3) is 0 Å². The Balaban J connectivity index is 2.21. The average Bonchev–Trinajstić information content (AvgIpc) is 2.38. The highest BCUT2D eigenvalue weighted by Crippen LogP contribution is 2.22. The van der Waals surface area contributed by atoms with E-state index in [2.05, 4.69) is 0 Å². The molecule has 1 aliphatic heterocycles. The van der Waals surface area contributed by atoms with Gasteiger partial charge in [0.2, 0.25) is 0 Å². The Morgan fingerprint density at radius 3 is 2.89 bits per heavy atom. The van der Waals surface area contributed by atoms with Gasteiger partial charge >= 0.3 is 0 Å². The highest BCUT2D eigenvalue weighted by Gasteiger charge is 2.29. The Morgan fingerprint density at radius 1 is 1.44 bits per heavy atom. The van der Waals surface area contributed by atoms with Crippen LogP contribution in [0.1, 0.15) is 36.5 Å². The number of carbonyl (C=O) groups is 1. The molecule has 1 aromatic carbocycles. The molecule has 0 aromatic heterocycles. The van der Waals surface area contributed by atoms with E-state index >= 15 is 0 Å². The van der Waals surface area contributed by atoms with Crippen molar-refractivity contribution in [1.29, 1.82) is 0 Å². The molecule has 4 nitrogen and oxygen atoms in total. The molecule has 0 aliphatic carbocycles. The van der Waals surface area contributed by atoms with Crippen molar-refractivity contribution in [3.8, 4) is 0 Å². The van der Waals surface area contributed by atoms with Crippen LogP contribution in [0.5, 0.6) is 0 Å². The summed E-state index contributed by atoms with van der Waals surface area (Å²) in [4.78, 5) is 14.4. The molecule has 4 heteroatoms. The molecule has 1 amide bonds. The first-order valence-electron chi connectivity index (χ1n) is 6.51. The number of rotatable bonds is 2. The van der Waals surface area contributed by atoms with Crippen molar-refractivity contribution < 1.29 is 4.79 Å². The third kappa shape index (κ3) is 2.64. The number of piperidine rings is 1. The zero-order valence-corrected chi connectivity index (χ0v) is 10.8. The van der Waals surface area contributed by atoms with Crippen LogP contribution in [-0.4, -0.2) is 29.4 Å². The third-order valence-electron chi connectivity index (χ3n) is 3.55. The Labute approximate surface area is 108 Å². The molecule has 18 heavy (non-hydrogen) atoms. The topological polar surface area (TPSA) is 72.3 Å². The zero-order chi connectivity index (χ0) is 13.1. The van der Waals surface area contributed by atoms with E-state index in [0.717, 1.165) is 25.8 Å². The van der Waals surface area contributed by atoms with Crippen LogP contribution in [0.4, 0.5) is 5.69 Å². The summed E-state index contributed by atoms with van der Waals surface area (Å²) in [5.41, 5.74) is 13.0. The molecule has 1 saturated heterocycles. The van der Waals surface area contributed by atoms with Gasteiger partial charge < -0.3 is 16.4 Å². The maximum atomic E-state index is 12.5. The smallest absolute Gasteiger partial charge is 0.254 e. The number of anilines is 1. The molecule has 1 heterocycles. The summed E-state index contributed by atoms with van der Waals surface area (Å²) >= 11 is 0. The Morgan fingerprint density at radius 2 is 2.22 bits per heavy atom. The predicted octanol–water partition coefficient (Wildman–Crippen LogP) is 1.61. The second-order valence-corrected chi connectivity index (χ2v) is 5.05. The molecule has 4 N–H and O–H groups in total. The molecule has 1 aliphatic rings. The van der Waals surface area contributed by atoms with Gasteiger partial charge in [-0.3, -0.25) is 4.79 Å². The van der Waals surface area contributed by atoms with Crippen LogP contribution in [0.3, 0.4) is 0 Å². The number of hydrogen-bond acceptors (Lipinski definition) is 3. The Hall–Kier alpha value is -1.55. The van der Waals surface area contributed by atoms with E-state index in [1.54, 1.807) is 12.1 Å². The summed E-state index contributed by atoms with van der Waals surface area (Å²) in [5.74, 6) is 0.0456. The molecule has 98 valence electrons. The van der Waals surface area contributed by atoms with Gasteiger partial charge in [-0.1, -0.05) is 6.07 Å². The SMILES string of the molecule is CC(N)C1CCCCN1C(=O)c1cccc(N)c1. The summed E-state index contributed by atoms with van der Waals surface area (Å²) in [6.45, 7) is 2.76. The summed E-state index contributed by atoms with van der Waals surface area (Å²) in [5, 5.41) is 0. The maximum absolute atomic E-state index is 12.5. The number of carbonyl (C=O) groups excluding carboxylic acids is 1. The minimum atomic E-state index is 0.00955. The summed E-state index contributed by atoms with van der Waals surface area (Å²) < 4.78 is 0. The van der Waals surface area contributed by atoms with Gasteiger partial charge in [0, 0.05) is 29.9 Å². The average molecular weight is 247 g/mol. The first kappa shape index (κ1) is 12.9. The first-order valence-corrected chi connectivity index (χ1v) is 6.51. The standard InChI is InChI=1S/C14H21N3O/c1-10(15)13-7-2-3-8-17(13)14(18)11-5-4-6-12(16)9-11/h4-6,9-10,13H,2-3,7-8,15-16H2,1H3. The number of nitrogen functional groups attached to an aromatic ring is 1. The van der Waals surface area contributed by atoms with E-state index in [1.807, 2.05) is 24.0 Å². The molecule has 0 saturated carbocycles. The molecular weight excluding hydrogens is 226 g/mol. The van der Waals surface area contributed by atoms with Crippen molar-refractivity contribution >= 4 is 11.6 Å².